The van der Waals surface area contributed by atoms with E-state index in [2.05, 4.69) is 15.6 Å². The molecule has 0 saturated heterocycles. The lowest BCUT2D eigenvalue weighted by molar-refractivity contribution is 0.00664. The number of imidazole rings is 1. The van der Waals surface area contributed by atoms with Gasteiger partial charge in [0.25, 0.3) is 0 Å². The maximum Gasteiger partial charge on any atom is 0.111 e. The molecule has 0 bridgehead atoms. The molecular weight excluding hydrogens is 274 g/mol. The van der Waals surface area contributed by atoms with Gasteiger partial charge in [-0.1, -0.05) is 6.07 Å². The van der Waals surface area contributed by atoms with E-state index in [4.69, 9.17) is 16.3 Å². The molecule has 1 fully saturated rings. The minimum absolute atomic E-state index is 0.334. The molecule has 0 aliphatic heterocycles. The maximum atomic E-state index is 9.21. The van der Waals surface area contributed by atoms with E-state index in [-0.39, 0.29) is 0 Å². The van der Waals surface area contributed by atoms with Crippen LogP contribution in [-0.4, -0.2) is 28.6 Å². The zero-order chi connectivity index (χ0) is 14.1. The average Bonchev–Trinajstić information content (AvgIpc) is 2.77. The fraction of sp³-hybridized carbons (Fsp3) is 0.467. The van der Waals surface area contributed by atoms with Gasteiger partial charge in [0.15, 0.2) is 0 Å². The van der Waals surface area contributed by atoms with Gasteiger partial charge in [-0.25, -0.2) is 4.98 Å². The molecule has 5 heteroatoms. The molecule has 0 spiro atoms. The number of para-hydroxylation sites is 1. The lowest BCUT2D eigenvalue weighted by Crippen LogP contribution is -2.33. The van der Waals surface area contributed by atoms with Crippen molar-refractivity contribution in [3.8, 4) is 6.07 Å². The number of benzene rings is 1. The fourth-order valence-electron chi connectivity index (χ4n) is 2.86. The van der Waals surface area contributed by atoms with Gasteiger partial charge in [0.05, 0.1) is 17.2 Å². The Morgan fingerprint density at radius 3 is 2.95 bits per heavy atom. The summed E-state index contributed by atoms with van der Waals surface area (Å²) in [5, 5.41) is 9.21. The largest absolute Gasteiger partial charge is 0.381 e. The highest BCUT2D eigenvalue weighted by Crippen LogP contribution is 2.38. The van der Waals surface area contributed by atoms with E-state index in [1.54, 1.807) is 7.11 Å². The van der Waals surface area contributed by atoms with Crippen molar-refractivity contribution in [2.45, 2.75) is 31.4 Å². The van der Waals surface area contributed by atoms with E-state index < -0.39 is 0 Å². The Bertz CT molecular complexity index is 668. The molecule has 104 valence electrons. The first kappa shape index (κ1) is 13.4. The van der Waals surface area contributed by atoms with Crippen LogP contribution in [0.25, 0.3) is 11.0 Å². The predicted molar refractivity (Wildman–Crippen MR) is 77.9 cm³/mol. The summed E-state index contributed by atoms with van der Waals surface area (Å²) in [6.45, 7) is 0. The number of hydrogen-bond donors (Lipinski definition) is 0. The highest BCUT2D eigenvalue weighted by molar-refractivity contribution is 6.17. The zero-order valence-electron chi connectivity index (χ0n) is 11.3. The second-order valence-electron chi connectivity index (χ2n) is 5.11. The lowest BCUT2D eigenvalue weighted by Gasteiger charge is -2.36. The Labute approximate surface area is 122 Å². The van der Waals surface area contributed by atoms with Crippen LogP contribution in [0.1, 0.15) is 30.3 Å². The van der Waals surface area contributed by atoms with Gasteiger partial charge in [0.1, 0.15) is 17.4 Å². The first-order valence-corrected chi connectivity index (χ1v) is 7.30. The second-order valence-corrected chi connectivity index (χ2v) is 5.48. The van der Waals surface area contributed by atoms with Crippen molar-refractivity contribution in [3.05, 3.63) is 29.6 Å². The van der Waals surface area contributed by atoms with Gasteiger partial charge in [0, 0.05) is 25.5 Å². The number of fused-ring (bicyclic) bond motifs is 1. The van der Waals surface area contributed by atoms with Crippen LogP contribution in [0.4, 0.5) is 0 Å². The quantitative estimate of drug-likeness (QED) is 0.813. The van der Waals surface area contributed by atoms with Crippen molar-refractivity contribution < 1.29 is 4.74 Å². The van der Waals surface area contributed by atoms with Crippen LogP contribution < -0.4 is 0 Å². The molecular formula is C15H16ClN3O. The predicted octanol–water partition coefficient (Wildman–Crippen LogP) is 3.04. The molecule has 1 aromatic carbocycles. The maximum absolute atomic E-state index is 9.21. The highest BCUT2D eigenvalue weighted by Gasteiger charge is 2.33. The Morgan fingerprint density at radius 2 is 2.30 bits per heavy atom. The van der Waals surface area contributed by atoms with Crippen LogP contribution in [0.15, 0.2) is 18.2 Å². The Morgan fingerprint density at radius 1 is 1.50 bits per heavy atom. The number of alkyl halides is 1. The SMILES string of the molecule is COC1CC(n2c(CCCl)nc3c(C#N)cccc32)C1. The summed E-state index contributed by atoms with van der Waals surface area (Å²) in [5.41, 5.74) is 2.44. The van der Waals surface area contributed by atoms with Gasteiger partial charge >= 0.3 is 0 Å². The summed E-state index contributed by atoms with van der Waals surface area (Å²) >= 11 is 5.89. The number of rotatable bonds is 4. The molecule has 1 aliphatic carbocycles. The zero-order valence-corrected chi connectivity index (χ0v) is 12.1. The van der Waals surface area contributed by atoms with Crippen molar-refractivity contribution in [3.63, 3.8) is 0 Å². The number of nitrogens with zero attached hydrogens (tertiary/aromatic N) is 3. The Hall–Kier alpha value is -1.57. The van der Waals surface area contributed by atoms with Gasteiger partial charge in [-0.3, -0.25) is 0 Å². The number of aryl methyl sites for hydroxylation is 1. The molecule has 4 nitrogen and oxygen atoms in total. The molecule has 1 aromatic heterocycles. The smallest absolute Gasteiger partial charge is 0.111 e. The normalized spacial score (nSPS) is 21.6. The summed E-state index contributed by atoms with van der Waals surface area (Å²) in [6, 6.07) is 8.36. The lowest BCUT2D eigenvalue weighted by atomic mass is 9.88. The molecule has 0 radical (unpaired) electrons. The third-order valence-electron chi connectivity index (χ3n) is 4.00. The van der Waals surface area contributed by atoms with Crippen LogP contribution in [0.5, 0.6) is 0 Å². The summed E-state index contributed by atoms with van der Waals surface area (Å²) < 4.78 is 7.60. The number of halogens is 1. The van der Waals surface area contributed by atoms with Crippen LogP contribution in [0.3, 0.4) is 0 Å². The molecule has 2 aromatic rings. The molecule has 3 rings (SSSR count). The Kier molecular flexibility index (Phi) is 3.64. The molecule has 0 N–H and O–H groups in total. The Balaban J connectivity index is 2.09. The first-order chi connectivity index (χ1) is 9.78. The van der Waals surface area contributed by atoms with E-state index in [9.17, 15) is 5.26 Å². The summed E-state index contributed by atoms with van der Waals surface area (Å²) in [4.78, 5) is 4.64. The number of methoxy groups -OCH3 is 1. The van der Waals surface area contributed by atoms with Gasteiger partial charge < -0.3 is 9.30 Å². The van der Waals surface area contributed by atoms with E-state index in [0.717, 1.165) is 36.1 Å². The number of nitriles is 1. The number of hydrogen-bond acceptors (Lipinski definition) is 3. The highest BCUT2D eigenvalue weighted by atomic mass is 35.5. The average molecular weight is 290 g/mol. The topological polar surface area (TPSA) is 50.8 Å². The third kappa shape index (κ3) is 2.07. The van der Waals surface area contributed by atoms with E-state index in [1.165, 1.54) is 0 Å². The van der Waals surface area contributed by atoms with Crippen LogP contribution in [-0.2, 0) is 11.2 Å². The second kappa shape index (κ2) is 5.43. The van der Waals surface area contributed by atoms with Crippen molar-refractivity contribution in [1.29, 1.82) is 5.26 Å². The molecule has 0 unspecified atom stereocenters. The third-order valence-corrected chi connectivity index (χ3v) is 4.19. The standard InChI is InChI=1S/C15H16ClN3O/c1-20-12-7-11(8-12)19-13-4-2-3-10(9-17)15(13)18-14(19)5-6-16/h2-4,11-12H,5-8H2,1H3. The minimum Gasteiger partial charge on any atom is -0.381 e. The first-order valence-electron chi connectivity index (χ1n) is 6.77. The number of ether oxygens (including phenoxy) is 1. The van der Waals surface area contributed by atoms with Gasteiger partial charge in [-0.15, -0.1) is 11.6 Å². The van der Waals surface area contributed by atoms with Crippen molar-refractivity contribution in [2.24, 2.45) is 0 Å². The summed E-state index contributed by atoms with van der Waals surface area (Å²) in [7, 11) is 1.75. The number of aromatic nitrogens is 2. The molecule has 0 atom stereocenters. The van der Waals surface area contributed by atoms with E-state index in [1.807, 2.05) is 18.2 Å². The molecule has 1 aliphatic rings. The van der Waals surface area contributed by atoms with Crippen LogP contribution >= 0.6 is 11.6 Å². The molecule has 1 heterocycles. The fourth-order valence-corrected chi connectivity index (χ4v) is 3.03. The van der Waals surface area contributed by atoms with E-state index >= 15 is 0 Å². The summed E-state index contributed by atoms with van der Waals surface area (Å²) in [6.07, 6.45) is 3.04. The van der Waals surface area contributed by atoms with Crippen molar-refractivity contribution >= 4 is 22.6 Å². The summed E-state index contributed by atoms with van der Waals surface area (Å²) in [5.74, 6) is 1.50. The minimum atomic E-state index is 0.334. The van der Waals surface area contributed by atoms with Crippen LogP contribution in [0.2, 0.25) is 0 Å². The van der Waals surface area contributed by atoms with Gasteiger partial charge in [-0.2, -0.15) is 5.26 Å². The van der Waals surface area contributed by atoms with Crippen LogP contribution in [0, 0.1) is 11.3 Å². The van der Waals surface area contributed by atoms with Gasteiger partial charge in [-0.05, 0) is 25.0 Å². The molecule has 20 heavy (non-hydrogen) atoms. The monoisotopic (exact) mass is 289 g/mol. The molecule has 1 saturated carbocycles. The van der Waals surface area contributed by atoms with Crippen molar-refractivity contribution in [1.82, 2.24) is 9.55 Å². The van der Waals surface area contributed by atoms with E-state index in [0.29, 0.717) is 23.6 Å². The van der Waals surface area contributed by atoms with Gasteiger partial charge in [0.2, 0.25) is 0 Å². The molecule has 0 amide bonds. The van der Waals surface area contributed by atoms with Crippen molar-refractivity contribution in [2.75, 3.05) is 13.0 Å².